The molecule has 0 aliphatic rings. The molecule has 4 nitrogen and oxygen atoms in total. The number of hydrogen-bond donors (Lipinski definition) is 0. The number of rotatable bonds is 4. The molecular weight excluding hydrogens is 521 g/mol. The summed E-state index contributed by atoms with van der Waals surface area (Å²) in [4.78, 5) is 22.7. The summed E-state index contributed by atoms with van der Waals surface area (Å²) in [7, 11) is 0. The molecule has 0 fully saturated rings. The van der Waals surface area contributed by atoms with Crippen LogP contribution in [0.15, 0.2) is 36.5 Å². The fourth-order valence-electron chi connectivity index (χ4n) is 4.32. The van der Waals surface area contributed by atoms with E-state index in [0.717, 1.165) is 10.6 Å². The van der Waals surface area contributed by atoms with Crippen LogP contribution < -0.4 is 0 Å². The summed E-state index contributed by atoms with van der Waals surface area (Å²) in [6.45, 7) is 8.80. The molecule has 0 saturated heterocycles. The number of pyridine rings is 1. The van der Waals surface area contributed by atoms with Crippen molar-refractivity contribution in [2.75, 3.05) is 0 Å². The molecule has 6 rings (SSSR count). The van der Waals surface area contributed by atoms with Crippen LogP contribution >= 0.6 is 56.7 Å². The molecule has 9 heteroatoms. The Labute approximate surface area is 216 Å². The van der Waals surface area contributed by atoms with Crippen LogP contribution in [0, 0.1) is 37.8 Å². The Morgan fingerprint density at radius 1 is 0.794 bits per heavy atom. The van der Waals surface area contributed by atoms with Crippen LogP contribution in [-0.4, -0.2) is 9.91 Å². The van der Waals surface area contributed by atoms with Crippen molar-refractivity contribution in [2.24, 2.45) is 0 Å². The van der Waals surface area contributed by atoms with E-state index in [4.69, 9.17) is 0 Å². The van der Waals surface area contributed by atoms with Crippen molar-refractivity contribution in [3.8, 4) is 32.1 Å². The SMILES string of the molecule is Cc1cc(-c2sc3c(sc4cc(-c5ccc([N+](=O)[O-])cn5)sc43)c2-c2cc(C)sc2C)c(C)s1. The van der Waals surface area contributed by atoms with Crippen molar-refractivity contribution in [2.45, 2.75) is 27.7 Å². The van der Waals surface area contributed by atoms with Gasteiger partial charge in [-0.15, -0.1) is 56.7 Å². The zero-order valence-corrected chi connectivity index (χ0v) is 22.8. The molecule has 6 aromatic heterocycles. The van der Waals surface area contributed by atoms with Crippen molar-refractivity contribution in [1.82, 2.24) is 4.98 Å². The summed E-state index contributed by atoms with van der Waals surface area (Å²) < 4.78 is 5.21. The average Bonchev–Trinajstić information content (AvgIpc) is 3.56. The first-order chi connectivity index (χ1) is 16.3. The van der Waals surface area contributed by atoms with E-state index in [1.165, 1.54) is 72.1 Å². The highest BCUT2D eigenvalue weighted by Gasteiger charge is 2.25. The third-order valence-corrected chi connectivity index (χ3v) is 11.7. The molecule has 170 valence electrons. The van der Waals surface area contributed by atoms with Crippen LogP contribution in [0.2, 0.25) is 0 Å². The molecule has 6 heterocycles. The third kappa shape index (κ3) is 3.46. The Kier molecular flexibility index (Phi) is 5.23. The van der Waals surface area contributed by atoms with Crippen molar-refractivity contribution in [3.63, 3.8) is 0 Å². The molecule has 0 aliphatic heterocycles. The molecule has 0 radical (unpaired) electrons. The van der Waals surface area contributed by atoms with Gasteiger partial charge in [-0.2, -0.15) is 0 Å². The van der Waals surface area contributed by atoms with Crippen LogP contribution in [0.5, 0.6) is 0 Å². The molecule has 0 unspecified atom stereocenters. The number of aromatic nitrogens is 1. The summed E-state index contributed by atoms with van der Waals surface area (Å²) in [6.07, 6.45) is 1.34. The first kappa shape index (κ1) is 22.1. The minimum Gasteiger partial charge on any atom is -0.258 e. The Hall–Kier alpha value is -2.43. The van der Waals surface area contributed by atoms with Crippen LogP contribution in [0.1, 0.15) is 19.5 Å². The van der Waals surface area contributed by atoms with Crippen LogP contribution in [0.4, 0.5) is 5.69 Å². The largest absolute Gasteiger partial charge is 0.287 e. The molecule has 0 aromatic carbocycles. The number of nitro groups is 1. The minimum absolute atomic E-state index is 0.0138. The van der Waals surface area contributed by atoms with E-state index in [1.54, 1.807) is 17.4 Å². The van der Waals surface area contributed by atoms with Gasteiger partial charge < -0.3 is 0 Å². The van der Waals surface area contributed by atoms with Crippen molar-refractivity contribution in [3.05, 3.63) is 66.2 Å². The van der Waals surface area contributed by atoms with E-state index in [1.807, 2.05) is 45.3 Å². The lowest BCUT2D eigenvalue weighted by atomic mass is 10.0. The van der Waals surface area contributed by atoms with Gasteiger partial charge >= 0.3 is 0 Å². The number of fused-ring (bicyclic) bond motifs is 3. The predicted octanol–water partition coefficient (Wildman–Crippen LogP) is 9.84. The molecule has 6 aromatic rings. The lowest BCUT2D eigenvalue weighted by Crippen LogP contribution is -1.89. The summed E-state index contributed by atoms with van der Waals surface area (Å²) in [5.41, 5.74) is 4.85. The number of aryl methyl sites for hydroxylation is 4. The second kappa shape index (κ2) is 8.07. The molecule has 0 spiro atoms. The van der Waals surface area contributed by atoms with Crippen molar-refractivity contribution in [1.29, 1.82) is 0 Å². The van der Waals surface area contributed by atoms with Crippen molar-refractivity contribution < 1.29 is 4.92 Å². The first-order valence-corrected chi connectivity index (χ1v) is 14.6. The van der Waals surface area contributed by atoms with Gasteiger partial charge in [0.1, 0.15) is 6.20 Å². The summed E-state index contributed by atoms with van der Waals surface area (Å²) in [6, 6.07) is 10.1. The van der Waals surface area contributed by atoms with Gasteiger partial charge in [0.15, 0.2) is 0 Å². The highest BCUT2D eigenvalue weighted by atomic mass is 32.1. The summed E-state index contributed by atoms with van der Waals surface area (Å²) in [5, 5.41) is 11.0. The normalized spacial score (nSPS) is 11.8. The zero-order chi connectivity index (χ0) is 23.7. The lowest BCUT2D eigenvalue weighted by molar-refractivity contribution is -0.385. The highest BCUT2D eigenvalue weighted by molar-refractivity contribution is 7.40. The number of nitrogens with zero attached hydrogens (tertiary/aromatic N) is 2. The fourth-order valence-corrected chi connectivity index (χ4v) is 10.6. The highest BCUT2D eigenvalue weighted by Crippen LogP contribution is 2.55. The molecule has 0 bridgehead atoms. The Morgan fingerprint density at radius 3 is 2.09 bits per heavy atom. The third-order valence-electron chi connectivity index (χ3n) is 5.79. The molecule has 0 atom stereocenters. The predicted molar refractivity (Wildman–Crippen MR) is 151 cm³/mol. The molecular formula is C25H18N2O2S5. The maximum Gasteiger partial charge on any atom is 0.287 e. The van der Waals surface area contributed by atoms with Gasteiger partial charge in [-0.05, 0) is 57.5 Å². The van der Waals surface area contributed by atoms with Gasteiger partial charge in [0.25, 0.3) is 5.69 Å². The summed E-state index contributed by atoms with van der Waals surface area (Å²) >= 11 is 9.18. The second-order valence-corrected chi connectivity index (χ2v) is 14.2. The van der Waals surface area contributed by atoms with E-state index < -0.39 is 4.92 Å². The Balaban J connectivity index is 1.58. The monoisotopic (exact) mass is 538 g/mol. The quantitative estimate of drug-likeness (QED) is 0.166. The van der Waals surface area contributed by atoms with E-state index >= 15 is 0 Å². The molecule has 0 saturated carbocycles. The van der Waals surface area contributed by atoms with E-state index in [0.29, 0.717) is 0 Å². The van der Waals surface area contributed by atoms with Gasteiger partial charge in [0.05, 0.1) is 29.6 Å². The smallest absolute Gasteiger partial charge is 0.258 e. The maximum atomic E-state index is 11.0. The van der Waals surface area contributed by atoms with Crippen molar-refractivity contribution >= 4 is 81.2 Å². The molecule has 0 aliphatic carbocycles. The van der Waals surface area contributed by atoms with E-state index in [9.17, 15) is 10.1 Å². The lowest BCUT2D eigenvalue weighted by Gasteiger charge is -2.04. The molecule has 0 N–H and O–H groups in total. The first-order valence-electron chi connectivity index (χ1n) is 10.5. The van der Waals surface area contributed by atoms with Gasteiger partial charge in [-0.1, -0.05) is 0 Å². The number of thiophene rings is 5. The van der Waals surface area contributed by atoms with Crippen LogP contribution in [-0.2, 0) is 0 Å². The maximum absolute atomic E-state index is 11.0. The van der Waals surface area contributed by atoms with E-state index in [2.05, 4.69) is 50.9 Å². The van der Waals surface area contributed by atoms with Crippen LogP contribution in [0.3, 0.4) is 0 Å². The topological polar surface area (TPSA) is 56.0 Å². The van der Waals surface area contributed by atoms with Gasteiger partial charge in [-0.25, -0.2) is 4.98 Å². The summed E-state index contributed by atoms with van der Waals surface area (Å²) in [5.74, 6) is 0. The van der Waals surface area contributed by atoms with Gasteiger partial charge in [0.2, 0.25) is 0 Å². The zero-order valence-electron chi connectivity index (χ0n) is 18.7. The Morgan fingerprint density at radius 2 is 1.50 bits per heavy atom. The number of hydrogen-bond acceptors (Lipinski definition) is 8. The Bertz CT molecular complexity index is 1730. The molecule has 34 heavy (non-hydrogen) atoms. The standard InChI is InChI=1S/C25H18N2O2S5/c1-11-7-16(13(3)30-11)21-22(17-8-12(2)31-14(17)4)34-25-23-20(33-24(21)25)9-19(32-23)18-6-5-15(10-26-18)27(28)29/h5-10H,1-4H3. The van der Waals surface area contributed by atoms with Gasteiger partial charge in [0, 0.05) is 46.3 Å². The fraction of sp³-hybridized carbons (Fsp3) is 0.160. The molecule has 0 amide bonds. The van der Waals surface area contributed by atoms with Crippen LogP contribution in [0.25, 0.3) is 50.9 Å². The van der Waals surface area contributed by atoms with Gasteiger partial charge in [-0.3, -0.25) is 10.1 Å². The van der Waals surface area contributed by atoms with E-state index in [-0.39, 0.29) is 5.69 Å². The minimum atomic E-state index is -0.412. The average molecular weight is 539 g/mol. The second-order valence-electron chi connectivity index (χ2n) is 8.18.